The first kappa shape index (κ1) is 58.1. The summed E-state index contributed by atoms with van der Waals surface area (Å²) < 4.78 is 105. The Kier molecular flexibility index (Phi) is 23.4. The summed E-state index contributed by atoms with van der Waals surface area (Å²) >= 11 is 0. The highest BCUT2D eigenvalue weighted by molar-refractivity contribution is 5.72. The van der Waals surface area contributed by atoms with Crippen molar-refractivity contribution < 1.29 is 45.3 Å². The minimum absolute atomic E-state index is 0.00956. The fraction of sp³-hybridized carbons (Fsp3) is 0.531. The molecule has 0 unspecified atom stereocenters. The summed E-state index contributed by atoms with van der Waals surface area (Å²) in [5, 5.41) is 0. The molecular formula is C64H82F6O4. The van der Waals surface area contributed by atoms with E-state index >= 15 is 0 Å². The van der Waals surface area contributed by atoms with E-state index in [1.165, 1.54) is 127 Å². The Balaban J connectivity index is 0.000000182. The number of aryl methyl sites for hydroxylation is 2. The van der Waals surface area contributed by atoms with Gasteiger partial charge in [-0.1, -0.05) is 153 Å². The van der Waals surface area contributed by atoms with Gasteiger partial charge in [-0.25, -0.2) is 8.78 Å². The predicted molar refractivity (Wildman–Crippen MR) is 288 cm³/mol. The van der Waals surface area contributed by atoms with Crippen LogP contribution < -0.4 is 18.9 Å². The maximum absolute atomic E-state index is 14.7. The van der Waals surface area contributed by atoms with Crippen LogP contribution in [0.3, 0.4) is 0 Å². The van der Waals surface area contributed by atoms with E-state index in [1.54, 1.807) is 12.1 Å². The van der Waals surface area contributed by atoms with Gasteiger partial charge in [0, 0.05) is 11.1 Å². The number of hydrogen-bond donors (Lipinski definition) is 0. The van der Waals surface area contributed by atoms with E-state index in [-0.39, 0.29) is 23.0 Å². The largest absolute Gasteiger partial charge is 0.494 e. The normalized spacial score (nSPS) is 20.6. The molecule has 0 atom stereocenters. The van der Waals surface area contributed by atoms with Crippen LogP contribution >= 0.6 is 0 Å². The minimum atomic E-state index is -0.985. The number of hydrogen-bond acceptors (Lipinski definition) is 4. The van der Waals surface area contributed by atoms with Crippen LogP contribution in [0.5, 0.6) is 23.0 Å². The van der Waals surface area contributed by atoms with E-state index in [0.717, 1.165) is 75.0 Å². The van der Waals surface area contributed by atoms with Crippen LogP contribution in [0.2, 0.25) is 0 Å². The molecule has 10 heteroatoms. The highest BCUT2D eigenvalue weighted by Gasteiger charge is 2.31. The van der Waals surface area contributed by atoms with Gasteiger partial charge in [0.25, 0.3) is 0 Å². The smallest absolute Gasteiger partial charge is 0.204 e. The predicted octanol–water partition coefficient (Wildman–Crippen LogP) is 18.9. The van der Waals surface area contributed by atoms with E-state index in [4.69, 9.17) is 18.9 Å². The third-order valence-electron chi connectivity index (χ3n) is 15.9. The van der Waals surface area contributed by atoms with Gasteiger partial charge >= 0.3 is 0 Å². The minimum Gasteiger partial charge on any atom is -0.494 e. The van der Waals surface area contributed by atoms with Gasteiger partial charge in [0.2, 0.25) is 23.3 Å². The number of ether oxygens (including phenoxy) is 4. The fourth-order valence-corrected chi connectivity index (χ4v) is 11.5. The summed E-state index contributed by atoms with van der Waals surface area (Å²) in [6, 6.07) is 24.4. The summed E-state index contributed by atoms with van der Waals surface area (Å²) in [6.45, 7) is 9.69. The van der Waals surface area contributed by atoms with Crippen molar-refractivity contribution in [3.05, 3.63) is 131 Å². The Morgan fingerprint density at radius 3 is 1.00 bits per heavy atom. The molecule has 8 rings (SSSR count). The lowest BCUT2D eigenvalue weighted by molar-refractivity contribution is 0.120. The molecule has 5 aromatic rings. The second-order valence-corrected chi connectivity index (χ2v) is 21.1. The van der Waals surface area contributed by atoms with Crippen LogP contribution in [0.1, 0.15) is 154 Å². The average Bonchev–Trinajstić information content (AvgIpc) is 3.42. The second kappa shape index (κ2) is 29.8. The Labute approximate surface area is 439 Å². The first-order valence-electron chi connectivity index (χ1n) is 27.9. The van der Waals surface area contributed by atoms with Gasteiger partial charge in [-0.2, -0.15) is 17.6 Å². The summed E-state index contributed by atoms with van der Waals surface area (Å²) in [5.74, 6) is -1.21. The van der Waals surface area contributed by atoms with Gasteiger partial charge < -0.3 is 18.9 Å². The first-order valence-corrected chi connectivity index (χ1v) is 27.9. The van der Waals surface area contributed by atoms with Crippen LogP contribution in [-0.2, 0) is 12.8 Å². The van der Waals surface area contributed by atoms with Crippen molar-refractivity contribution in [2.75, 3.05) is 27.4 Å². The van der Waals surface area contributed by atoms with Gasteiger partial charge in [0.15, 0.2) is 34.6 Å². The van der Waals surface area contributed by atoms with Crippen molar-refractivity contribution >= 4 is 0 Å². The molecule has 0 bridgehead atoms. The van der Waals surface area contributed by atoms with Gasteiger partial charge in [0.1, 0.15) is 0 Å². The third-order valence-corrected chi connectivity index (χ3v) is 15.9. The quantitative estimate of drug-likeness (QED) is 0.0773. The zero-order chi connectivity index (χ0) is 53.0. The molecule has 0 amide bonds. The van der Waals surface area contributed by atoms with Gasteiger partial charge in [-0.3, -0.25) is 0 Å². The molecular weight excluding hydrogens is 947 g/mol. The van der Waals surface area contributed by atoms with Crippen molar-refractivity contribution in [1.29, 1.82) is 0 Å². The maximum atomic E-state index is 14.7. The Morgan fingerprint density at radius 1 is 0.351 bits per heavy atom. The number of benzene rings is 5. The van der Waals surface area contributed by atoms with Crippen LogP contribution in [0, 0.1) is 70.4 Å². The molecule has 0 N–H and O–H groups in total. The van der Waals surface area contributed by atoms with Crippen LogP contribution in [0.4, 0.5) is 26.3 Å². The fourth-order valence-electron chi connectivity index (χ4n) is 11.5. The highest BCUT2D eigenvalue weighted by atomic mass is 19.2. The van der Waals surface area contributed by atoms with E-state index < -0.39 is 34.9 Å². The zero-order valence-electron chi connectivity index (χ0n) is 45.0. The van der Waals surface area contributed by atoms with E-state index in [2.05, 4.69) is 27.7 Å². The molecule has 0 saturated heterocycles. The van der Waals surface area contributed by atoms with Gasteiger partial charge in [-0.05, 0) is 146 Å². The molecule has 0 radical (unpaired) electrons. The third kappa shape index (κ3) is 16.2. The molecule has 5 aromatic carbocycles. The maximum Gasteiger partial charge on any atom is 0.204 e. The van der Waals surface area contributed by atoms with Crippen molar-refractivity contribution in [3.8, 4) is 45.3 Å². The van der Waals surface area contributed by atoms with E-state index in [1.807, 2.05) is 48.5 Å². The molecule has 0 spiro atoms. The van der Waals surface area contributed by atoms with Gasteiger partial charge in [-0.15, -0.1) is 0 Å². The number of methoxy groups -OCH3 is 2. The van der Waals surface area contributed by atoms with Crippen molar-refractivity contribution in [1.82, 2.24) is 0 Å². The number of rotatable bonds is 19. The standard InChI is InChI=1S/C24H24F2.C23H34F2O2.C17H24F2O2/c1-3-5-17-7-11-19(12-8-17)21-15-16-22(24(26)23(21)25)20-13-9-18(6-4-2)10-14-20;1-3-4-16-5-9-18(10-6-16)19-11-7-17(8-12-19)15-27-21-14-13-20(26-2)22(24)23(21)25;1-3-4-12-5-7-13(8-6-12)11-21-15-10-9-14(20-2)16(18)17(15)19/h7-16H,3-6H2,1-2H3;13-14,16-19H,3-12,15H2,1-2H3;9-10,12-13H,3-8,11H2,1-2H3. The lowest BCUT2D eigenvalue weighted by Crippen LogP contribution is -2.27. The SMILES string of the molecule is CCCC1CCC(C2CCC(COc3ccc(OC)c(F)c3F)CC2)CC1.CCCC1CCC(COc2ccc(OC)c(F)c2F)CC1.CCCc1ccc(-c2ccc(-c3ccc(CCC)cc3)c(F)c2F)cc1. The molecule has 3 fully saturated rings. The molecule has 3 aliphatic rings. The van der Waals surface area contributed by atoms with Crippen LogP contribution in [-0.4, -0.2) is 27.4 Å². The summed E-state index contributed by atoms with van der Waals surface area (Å²) in [6.07, 6.45) is 24.5. The zero-order valence-corrected chi connectivity index (χ0v) is 45.0. The summed E-state index contributed by atoms with van der Waals surface area (Å²) in [7, 11) is 2.64. The Hall–Kier alpha value is -5.12. The monoisotopic (exact) mass is 1030 g/mol. The lowest BCUT2D eigenvalue weighted by Gasteiger charge is -2.37. The van der Waals surface area contributed by atoms with Crippen LogP contribution in [0.15, 0.2) is 84.9 Å². The summed E-state index contributed by atoms with van der Waals surface area (Å²) in [4.78, 5) is 0. The first-order chi connectivity index (χ1) is 35.9. The summed E-state index contributed by atoms with van der Waals surface area (Å²) in [5.41, 5.74) is 4.42. The molecule has 4 nitrogen and oxygen atoms in total. The number of halogens is 6. The van der Waals surface area contributed by atoms with Crippen molar-refractivity contribution in [2.24, 2.45) is 35.5 Å². The highest BCUT2D eigenvalue weighted by Crippen LogP contribution is 2.43. The van der Waals surface area contributed by atoms with Crippen LogP contribution in [0.25, 0.3) is 22.3 Å². The van der Waals surface area contributed by atoms with Gasteiger partial charge in [0.05, 0.1) is 27.4 Å². The molecule has 0 aromatic heterocycles. The Bertz CT molecular complexity index is 2360. The molecule has 3 saturated carbocycles. The topological polar surface area (TPSA) is 36.9 Å². The second-order valence-electron chi connectivity index (χ2n) is 21.1. The molecule has 0 aliphatic heterocycles. The Morgan fingerprint density at radius 2 is 0.662 bits per heavy atom. The van der Waals surface area contributed by atoms with Crippen molar-refractivity contribution in [2.45, 2.75) is 156 Å². The van der Waals surface area contributed by atoms with E-state index in [9.17, 15) is 26.3 Å². The van der Waals surface area contributed by atoms with E-state index in [0.29, 0.717) is 47.3 Å². The van der Waals surface area contributed by atoms with Crippen molar-refractivity contribution in [3.63, 3.8) is 0 Å². The molecule has 0 heterocycles. The molecule has 3 aliphatic carbocycles. The molecule has 404 valence electrons. The lowest BCUT2D eigenvalue weighted by atomic mass is 9.69. The molecule has 74 heavy (non-hydrogen) atoms. The average molecular weight is 1030 g/mol.